The van der Waals surface area contributed by atoms with Crippen LogP contribution in [0.15, 0.2) is 17.2 Å². The summed E-state index contributed by atoms with van der Waals surface area (Å²) in [5.74, 6) is -0.495. The molecule has 10 heteroatoms. The van der Waals surface area contributed by atoms with Crippen molar-refractivity contribution in [2.75, 3.05) is 18.6 Å². The number of nitrogens with zero attached hydrogens (tertiary/aromatic N) is 1. The van der Waals surface area contributed by atoms with E-state index in [9.17, 15) is 21.6 Å². The van der Waals surface area contributed by atoms with E-state index in [0.29, 0.717) is 13.0 Å². The number of aromatic nitrogens is 1. The van der Waals surface area contributed by atoms with Crippen LogP contribution in [0, 0.1) is 0 Å². The summed E-state index contributed by atoms with van der Waals surface area (Å²) in [6.45, 7) is 2.35. The zero-order valence-electron chi connectivity index (χ0n) is 11.9. The van der Waals surface area contributed by atoms with Gasteiger partial charge in [-0.15, -0.1) is 0 Å². The Morgan fingerprint density at radius 3 is 2.43 bits per heavy atom. The van der Waals surface area contributed by atoms with Crippen molar-refractivity contribution >= 4 is 25.8 Å². The second-order valence-corrected chi connectivity index (χ2v) is 8.45. The smallest absolute Gasteiger partial charge is 0.267 e. The predicted molar refractivity (Wildman–Crippen MR) is 78.1 cm³/mol. The van der Waals surface area contributed by atoms with Gasteiger partial charge in [-0.2, -0.15) is 0 Å². The molecular formula is C11H19N3O5S2. The molecule has 1 amide bonds. The van der Waals surface area contributed by atoms with E-state index in [-0.39, 0.29) is 22.9 Å². The van der Waals surface area contributed by atoms with Crippen molar-refractivity contribution in [3.63, 3.8) is 0 Å². The van der Waals surface area contributed by atoms with Crippen LogP contribution in [0.4, 0.5) is 0 Å². The number of hydrogen-bond donors (Lipinski definition) is 2. The van der Waals surface area contributed by atoms with Gasteiger partial charge in [0, 0.05) is 25.5 Å². The van der Waals surface area contributed by atoms with Crippen LogP contribution in [0.3, 0.4) is 0 Å². The van der Waals surface area contributed by atoms with Crippen molar-refractivity contribution in [2.45, 2.75) is 24.8 Å². The van der Waals surface area contributed by atoms with Gasteiger partial charge in [-0.25, -0.2) is 22.0 Å². The van der Waals surface area contributed by atoms with Crippen LogP contribution < -0.4 is 10.5 Å². The van der Waals surface area contributed by atoms with E-state index in [1.54, 1.807) is 6.92 Å². The van der Waals surface area contributed by atoms with Crippen molar-refractivity contribution in [1.82, 2.24) is 9.88 Å². The van der Waals surface area contributed by atoms with E-state index in [4.69, 9.17) is 5.14 Å². The summed E-state index contributed by atoms with van der Waals surface area (Å²) in [5, 5.41) is 7.58. The van der Waals surface area contributed by atoms with Crippen LogP contribution in [0.2, 0.25) is 0 Å². The first-order chi connectivity index (χ1) is 9.54. The van der Waals surface area contributed by atoms with Crippen LogP contribution in [0.5, 0.6) is 0 Å². The summed E-state index contributed by atoms with van der Waals surface area (Å²) in [4.78, 5) is 11.8. The number of hydrogen-bond acceptors (Lipinski definition) is 5. The molecule has 0 saturated carbocycles. The largest absolute Gasteiger partial charge is 0.351 e. The fraction of sp³-hybridized carbons (Fsp3) is 0.545. The number of rotatable bonds is 7. The maximum atomic E-state index is 12.0. The van der Waals surface area contributed by atoms with Gasteiger partial charge in [-0.1, -0.05) is 0 Å². The Morgan fingerprint density at radius 1 is 1.33 bits per heavy atom. The number of carbonyl (C=O) groups is 1. The maximum absolute atomic E-state index is 12.0. The molecule has 1 aromatic rings. The van der Waals surface area contributed by atoms with E-state index in [1.165, 1.54) is 16.8 Å². The highest BCUT2D eigenvalue weighted by molar-refractivity contribution is 7.90. The molecule has 3 N–H and O–H groups in total. The Balaban J connectivity index is 2.76. The molecule has 1 heterocycles. The summed E-state index contributed by atoms with van der Waals surface area (Å²) in [6.07, 6.45) is 2.70. The number of sulfonamides is 1. The van der Waals surface area contributed by atoms with Crippen LogP contribution in [0.1, 0.15) is 23.8 Å². The van der Waals surface area contributed by atoms with E-state index < -0.39 is 25.8 Å². The minimum absolute atomic E-state index is 0.0233. The van der Waals surface area contributed by atoms with Gasteiger partial charge in [-0.3, -0.25) is 4.79 Å². The highest BCUT2D eigenvalue weighted by Gasteiger charge is 2.18. The van der Waals surface area contributed by atoms with Crippen molar-refractivity contribution < 1.29 is 21.6 Å². The van der Waals surface area contributed by atoms with Gasteiger partial charge in [0.15, 0.2) is 0 Å². The Hall–Kier alpha value is -1.39. The molecule has 0 fully saturated rings. The zero-order chi connectivity index (χ0) is 16.3. The number of aryl methyl sites for hydroxylation is 1. The second-order valence-electron chi connectivity index (χ2n) is 4.63. The molecule has 0 aliphatic heterocycles. The monoisotopic (exact) mass is 337 g/mol. The molecule has 0 radical (unpaired) electrons. The van der Waals surface area contributed by atoms with E-state index in [0.717, 1.165) is 6.26 Å². The first-order valence-corrected chi connectivity index (χ1v) is 9.84. The molecule has 0 aromatic carbocycles. The topological polar surface area (TPSA) is 128 Å². The molecule has 0 bridgehead atoms. The van der Waals surface area contributed by atoms with Crippen LogP contribution in [-0.2, 0) is 26.4 Å². The van der Waals surface area contributed by atoms with E-state index >= 15 is 0 Å². The van der Waals surface area contributed by atoms with Crippen LogP contribution in [-0.4, -0.2) is 45.9 Å². The second kappa shape index (κ2) is 6.58. The standard InChI is InChI=1S/C11H19N3O5S2/c1-3-14-8-9(21(12,18)19)7-10(14)11(15)13-5-4-6-20(2,16)17/h7-8H,3-6H2,1-2H3,(H,13,15)(H2,12,18,19). The molecule has 0 aliphatic carbocycles. The average molecular weight is 337 g/mol. The average Bonchev–Trinajstić information content (AvgIpc) is 2.77. The van der Waals surface area contributed by atoms with Crippen molar-refractivity contribution in [2.24, 2.45) is 5.14 Å². The Bertz CT molecular complexity index is 719. The van der Waals surface area contributed by atoms with Crippen LogP contribution >= 0.6 is 0 Å². The number of nitrogens with one attached hydrogen (secondary N) is 1. The van der Waals surface area contributed by atoms with Gasteiger partial charge in [0.2, 0.25) is 10.0 Å². The number of amides is 1. The van der Waals surface area contributed by atoms with Gasteiger partial charge >= 0.3 is 0 Å². The molecule has 0 spiro atoms. The highest BCUT2D eigenvalue weighted by atomic mass is 32.2. The minimum Gasteiger partial charge on any atom is -0.351 e. The van der Waals surface area contributed by atoms with Gasteiger partial charge in [0.25, 0.3) is 5.91 Å². The lowest BCUT2D eigenvalue weighted by Crippen LogP contribution is -2.27. The lowest BCUT2D eigenvalue weighted by molar-refractivity contribution is 0.0944. The van der Waals surface area contributed by atoms with E-state index in [2.05, 4.69) is 5.32 Å². The molecule has 8 nitrogen and oxygen atoms in total. The van der Waals surface area contributed by atoms with Crippen molar-refractivity contribution in [3.8, 4) is 0 Å². The Kier molecular flexibility index (Phi) is 5.54. The molecule has 1 rings (SSSR count). The number of carbonyl (C=O) groups excluding carboxylic acids is 1. The summed E-state index contributed by atoms with van der Waals surface area (Å²) in [7, 11) is -6.94. The highest BCUT2D eigenvalue weighted by Crippen LogP contribution is 2.13. The lowest BCUT2D eigenvalue weighted by Gasteiger charge is -2.07. The van der Waals surface area contributed by atoms with Crippen LogP contribution in [0.25, 0.3) is 0 Å². The normalized spacial score (nSPS) is 12.3. The summed E-state index contributed by atoms with van der Waals surface area (Å²) in [5.41, 5.74) is 0.167. The third-order valence-corrected chi connectivity index (χ3v) is 4.66. The first kappa shape index (κ1) is 17.7. The van der Waals surface area contributed by atoms with Gasteiger partial charge < -0.3 is 9.88 Å². The molecule has 1 aromatic heterocycles. The molecule has 0 atom stereocenters. The number of sulfone groups is 1. The predicted octanol–water partition coefficient (Wildman–Crippen LogP) is -0.680. The lowest BCUT2D eigenvalue weighted by atomic mass is 10.3. The minimum atomic E-state index is -3.87. The third kappa shape index (κ3) is 5.48. The molecular weight excluding hydrogens is 318 g/mol. The fourth-order valence-corrected chi connectivity index (χ4v) is 2.94. The molecule has 0 aliphatic rings. The molecule has 0 saturated heterocycles. The molecule has 21 heavy (non-hydrogen) atoms. The fourth-order valence-electron chi connectivity index (χ4n) is 1.72. The Labute approximate surface area is 124 Å². The van der Waals surface area contributed by atoms with E-state index in [1.807, 2.05) is 0 Å². The Morgan fingerprint density at radius 2 is 1.95 bits per heavy atom. The van der Waals surface area contributed by atoms with Gasteiger partial charge in [0.05, 0.1) is 5.75 Å². The SMILES string of the molecule is CCn1cc(S(N)(=O)=O)cc1C(=O)NCCCS(C)(=O)=O. The zero-order valence-corrected chi connectivity index (χ0v) is 13.5. The molecule has 0 unspecified atom stereocenters. The van der Waals surface area contributed by atoms with Crippen molar-refractivity contribution in [1.29, 1.82) is 0 Å². The van der Waals surface area contributed by atoms with Crippen molar-refractivity contribution in [3.05, 3.63) is 18.0 Å². The maximum Gasteiger partial charge on any atom is 0.267 e. The quantitative estimate of drug-likeness (QED) is 0.637. The summed E-state index contributed by atoms with van der Waals surface area (Å²) >= 11 is 0. The summed E-state index contributed by atoms with van der Waals surface area (Å²) in [6, 6.07) is 1.20. The third-order valence-electron chi connectivity index (χ3n) is 2.75. The molecule has 120 valence electrons. The number of primary sulfonamides is 1. The van der Waals surface area contributed by atoms with Gasteiger partial charge in [-0.05, 0) is 19.4 Å². The first-order valence-electron chi connectivity index (χ1n) is 6.23. The summed E-state index contributed by atoms with van der Waals surface area (Å²) < 4.78 is 45.9. The van der Waals surface area contributed by atoms with Gasteiger partial charge in [0.1, 0.15) is 20.4 Å². The number of nitrogens with two attached hydrogens (primary N) is 1.